The van der Waals surface area contributed by atoms with E-state index in [1.807, 2.05) is 5.38 Å². The van der Waals surface area contributed by atoms with Gasteiger partial charge in [-0.15, -0.1) is 0 Å². The molecule has 0 aliphatic rings. The van der Waals surface area contributed by atoms with Crippen molar-refractivity contribution < 1.29 is 0 Å². The van der Waals surface area contributed by atoms with Crippen LogP contribution < -0.4 is 5.56 Å². The van der Waals surface area contributed by atoms with Crippen molar-refractivity contribution in [2.45, 2.75) is 64.7 Å². The van der Waals surface area contributed by atoms with Crippen LogP contribution in [0.4, 0.5) is 0 Å². The molecule has 0 aromatic carbocycles. The molecule has 0 aliphatic carbocycles. The fourth-order valence-electron chi connectivity index (χ4n) is 1.89. The van der Waals surface area contributed by atoms with E-state index in [1.54, 1.807) is 0 Å². The zero-order chi connectivity index (χ0) is 11.6. The van der Waals surface area contributed by atoms with E-state index in [1.165, 1.54) is 56.5 Å². The molecule has 1 aromatic rings. The lowest BCUT2D eigenvalue weighted by molar-refractivity contribution is 0.575. The zero-order valence-corrected chi connectivity index (χ0v) is 11.1. The number of hydrogen-bond acceptors (Lipinski definition) is 2. The molecule has 1 aromatic heterocycles. The maximum atomic E-state index is 11.2. The van der Waals surface area contributed by atoms with Gasteiger partial charge in [-0.3, -0.25) is 9.17 Å². The van der Waals surface area contributed by atoms with Gasteiger partial charge in [-0.1, -0.05) is 63.4 Å². The summed E-state index contributed by atoms with van der Waals surface area (Å²) in [6, 6.07) is 0. The van der Waals surface area contributed by atoms with Crippen molar-refractivity contribution in [1.82, 2.24) is 4.37 Å². The van der Waals surface area contributed by atoms with Gasteiger partial charge < -0.3 is 0 Å². The quantitative estimate of drug-likeness (QED) is 0.648. The predicted molar refractivity (Wildman–Crippen MR) is 71.3 cm³/mol. The molecule has 0 fully saturated rings. The molecule has 0 aliphatic heterocycles. The molecule has 2 nitrogen and oxygen atoms in total. The average molecular weight is 241 g/mol. The van der Waals surface area contributed by atoms with Gasteiger partial charge in [0, 0.05) is 10.9 Å². The molecule has 0 amide bonds. The van der Waals surface area contributed by atoms with Gasteiger partial charge in [0.25, 0.3) is 5.56 Å². The Kier molecular flexibility index (Phi) is 7.23. The van der Waals surface area contributed by atoms with Crippen LogP contribution in [0, 0.1) is 0 Å². The van der Waals surface area contributed by atoms with Gasteiger partial charge in [0.15, 0.2) is 0 Å². The highest BCUT2D eigenvalue weighted by Gasteiger charge is 1.99. The van der Waals surface area contributed by atoms with Gasteiger partial charge in [0.1, 0.15) is 0 Å². The van der Waals surface area contributed by atoms with Crippen molar-refractivity contribution in [3.05, 3.63) is 21.3 Å². The molecule has 0 saturated heterocycles. The Morgan fingerprint density at radius 1 is 1.06 bits per heavy atom. The second-order valence-electron chi connectivity index (χ2n) is 4.42. The van der Waals surface area contributed by atoms with Crippen LogP contribution in [-0.4, -0.2) is 4.37 Å². The topological polar surface area (TPSA) is 32.9 Å². The van der Waals surface area contributed by atoms with Crippen LogP contribution in [0.1, 0.15) is 63.9 Å². The Morgan fingerprint density at radius 3 is 2.25 bits per heavy atom. The maximum Gasteiger partial charge on any atom is 0.261 e. The summed E-state index contributed by atoms with van der Waals surface area (Å²) >= 11 is 1.41. The third-order valence-electron chi connectivity index (χ3n) is 2.94. The summed E-state index contributed by atoms with van der Waals surface area (Å²) in [6.45, 7) is 2.25. The minimum absolute atomic E-state index is 0.118. The smallest absolute Gasteiger partial charge is 0.261 e. The van der Waals surface area contributed by atoms with Crippen LogP contribution in [0.3, 0.4) is 0 Å². The molecule has 3 heteroatoms. The van der Waals surface area contributed by atoms with Crippen molar-refractivity contribution in [2.24, 2.45) is 0 Å². The maximum absolute atomic E-state index is 11.2. The molecule has 16 heavy (non-hydrogen) atoms. The number of aryl methyl sites for hydroxylation is 1. The van der Waals surface area contributed by atoms with Crippen LogP contribution in [0.15, 0.2) is 10.2 Å². The molecule has 92 valence electrons. The van der Waals surface area contributed by atoms with E-state index in [9.17, 15) is 4.79 Å². The summed E-state index contributed by atoms with van der Waals surface area (Å²) < 4.78 is 2.73. The van der Waals surface area contributed by atoms with E-state index in [4.69, 9.17) is 0 Å². The summed E-state index contributed by atoms with van der Waals surface area (Å²) in [5.41, 5.74) is 1.09. The molecular weight excluding hydrogens is 218 g/mol. The Hall–Kier alpha value is -0.570. The van der Waals surface area contributed by atoms with Crippen LogP contribution in [0.5, 0.6) is 0 Å². The Bertz CT molecular complexity index is 316. The van der Waals surface area contributed by atoms with Crippen molar-refractivity contribution in [3.63, 3.8) is 0 Å². The van der Waals surface area contributed by atoms with Crippen LogP contribution in [0.2, 0.25) is 0 Å². The number of hydrogen-bond donors (Lipinski definition) is 1. The highest BCUT2D eigenvalue weighted by molar-refractivity contribution is 7.03. The number of nitrogens with one attached hydrogen (secondary N) is 1. The molecule has 0 radical (unpaired) electrons. The molecule has 0 unspecified atom stereocenters. The SMILES string of the molecule is CCCCCCCCCCc1cs[nH]c1=O. The Labute approximate surface area is 102 Å². The van der Waals surface area contributed by atoms with E-state index in [0.29, 0.717) is 0 Å². The van der Waals surface area contributed by atoms with Crippen molar-refractivity contribution in [1.29, 1.82) is 0 Å². The lowest BCUT2D eigenvalue weighted by atomic mass is 10.1. The lowest BCUT2D eigenvalue weighted by Gasteiger charge is -2.00. The molecule has 1 N–H and O–H groups in total. The first kappa shape index (κ1) is 13.5. The molecular formula is C13H23NOS. The second kappa shape index (κ2) is 8.57. The van der Waals surface area contributed by atoms with E-state index in [-0.39, 0.29) is 5.56 Å². The predicted octanol–water partition coefficient (Wildman–Crippen LogP) is 4.12. The van der Waals surface area contributed by atoms with Gasteiger partial charge in [-0.25, -0.2) is 0 Å². The van der Waals surface area contributed by atoms with E-state index in [2.05, 4.69) is 11.3 Å². The number of aromatic nitrogens is 1. The Balaban J connectivity index is 1.93. The van der Waals surface area contributed by atoms with Gasteiger partial charge in [0.2, 0.25) is 0 Å². The number of rotatable bonds is 9. The van der Waals surface area contributed by atoms with Gasteiger partial charge in [-0.2, -0.15) is 0 Å². The van der Waals surface area contributed by atoms with Crippen molar-refractivity contribution >= 4 is 11.5 Å². The third kappa shape index (κ3) is 5.50. The van der Waals surface area contributed by atoms with Crippen molar-refractivity contribution in [2.75, 3.05) is 0 Å². The molecule has 0 saturated carbocycles. The molecule has 0 bridgehead atoms. The first-order chi connectivity index (χ1) is 7.84. The first-order valence-electron chi connectivity index (χ1n) is 6.49. The molecule has 1 rings (SSSR count). The van der Waals surface area contributed by atoms with E-state index in [0.717, 1.165) is 18.4 Å². The normalized spacial score (nSPS) is 10.8. The summed E-state index contributed by atoms with van der Waals surface area (Å²) in [5, 5.41) is 1.95. The van der Waals surface area contributed by atoms with Crippen LogP contribution >= 0.6 is 11.5 Å². The monoisotopic (exact) mass is 241 g/mol. The van der Waals surface area contributed by atoms with E-state index >= 15 is 0 Å². The highest BCUT2D eigenvalue weighted by atomic mass is 32.1. The van der Waals surface area contributed by atoms with Gasteiger partial charge in [-0.05, 0) is 12.8 Å². The third-order valence-corrected chi connectivity index (χ3v) is 3.65. The van der Waals surface area contributed by atoms with Crippen LogP contribution in [-0.2, 0) is 6.42 Å². The fourth-order valence-corrected chi connectivity index (χ4v) is 2.56. The van der Waals surface area contributed by atoms with Gasteiger partial charge in [0.05, 0.1) is 0 Å². The average Bonchev–Trinajstić information content (AvgIpc) is 2.68. The summed E-state index contributed by atoms with van der Waals surface area (Å²) in [5.74, 6) is 0. The fraction of sp³-hybridized carbons (Fsp3) is 0.769. The second-order valence-corrected chi connectivity index (χ2v) is 5.09. The summed E-state index contributed by atoms with van der Waals surface area (Å²) in [6.07, 6.45) is 11.5. The van der Waals surface area contributed by atoms with Gasteiger partial charge >= 0.3 is 0 Å². The first-order valence-corrected chi connectivity index (χ1v) is 7.37. The molecule has 0 atom stereocenters. The minimum Gasteiger partial charge on any atom is -0.278 e. The largest absolute Gasteiger partial charge is 0.278 e. The molecule has 0 spiro atoms. The highest BCUT2D eigenvalue weighted by Crippen LogP contribution is 2.10. The Morgan fingerprint density at radius 2 is 1.69 bits per heavy atom. The zero-order valence-electron chi connectivity index (χ0n) is 10.3. The number of unbranched alkanes of at least 4 members (excludes halogenated alkanes) is 7. The minimum atomic E-state index is 0.118. The summed E-state index contributed by atoms with van der Waals surface area (Å²) in [7, 11) is 0. The van der Waals surface area contributed by atoms with Crippen LogP contribution in [0.25, 0.3) is 0 Å². The molecule has 1 heterocycles. The standard InChI is InChI=1S/C13H23NOS/c1-2-3-4-5-6-7-8-9-10-12-11-16-14-13(12)15/h11H,2-10H2,1H3,(H,14,15). The number of H-pyrrole nitrogens is 1. The lowest BCUT2D eigenvalue weighted by Crippen LogP contribution is -2.04. The van der Waals surface area contributed by atoms with E-state index < -0.39 is 0 Å². The summed E-state index contributed by atoms with van der Waals surface area (Å²) in [4.78, 5) is 11.2. The van der Waals surface area contributed by atoms with Crippen molar-refractivity contribution in [3.8, 4) is 0 Å². The number of aromatic amines is 1.